The Balaban J connectivity index is 1.73. The number of aromatic hydroxyl groups is 1. The van der Waals surface area contributed by atoms with E-state index in [1.807, 2.05) is 0 Å². The van der Waals surface area contributed by atoms with Crippen molar-refractivity contribution in [2.75, 3.05) is 14.2 Å². The van der Waals surface area contributed by atoms with Gasteiger partial charge >= 0.3 is 5.97 Å². The zero-order valence-corrected chi connectivity index (χ0v) is 18.8. The number of nitrogens with zero attached hydrogens (tertiary/aromatic N) is 1. The molecule has 2 heterocycles. The number of esters is 1. The molecule has 5 rings (SSSR count). The Morgan fingerprint density at radius 3 is 2.46 bits per heavy atom. The maximum Gasteiger partial charge on any atom is 0.312 e. The molecule has 4 aromatic rings. The summed E-state index contributed by atoms with van der Waals surface area (Å²) in [4.78, 5) is 25.9. The molecule has 0 fully saturated rings. The fourth-order valence-electron chi connectivity index (χ4n) is 4.41. The largest absolute Gasteiger partial charge is 0.507 e. The molecule has 0 radical (unpaired) electrons. The summed E-state index contributed by atoms with van der Waals surface area (Å²) < 4.78 is 21.9. The van der Waals surface area contributed by atoms with Crippen LogP contribution < -0.4 is 19.6 Å². The van der Waals surface area contributed by atoms with Crippen LogP contribution in [-0.4, -0.2) is 25.3 Å². The molecule has 1 N–H and O–H groups in total. The summed E-state index contributed by atoms with van der Waals surface area (Å²) in [5.41, 5.74) is 2.14. The van der Waals surface area contributed by atoms with Gasteiger partial charge in [0.1, 0.15) is 28.7 Å². The third-order valence-electron chi connectivity index (χ3n) is 6.11. The topological polar surface area (TPSA) is 119 Å². The van der Waals surface area contributed by atoms with Gasteiger partial charge in [0.15, 0.2) is 11.5 Å². The molecular formula is C27H19NO7. The smallest absolute Gasteiger partial charge is 0.312 e. The van der Waals surface area contributed by atoms with Gasteiger partial charge in [0, 0.05) is 17.5 Å². The predicted octanol–water partition coefficient (Wildman–Crippen LogP) is 4.50. The number of phenolic OH excluding ortho intramolecular Hbond substituents is 1. The van der Waals surface area contributed by atoms with Crippen LogP contribution in [-0.2, 0) is 4.79 Å². The molecule has 0 aliphatic carbocycles. The lowest BCUT2D eigenvalue weighted by Crippen LogP contribution is -2.22. The first kappa shape index (κ1) is 22.0. The van der Waals surface area contributed by atoms with Crippen LogP contribution in [0.15, 0.2) is 64.0 Å². The maximum absolute atomic E-state index is 13.5. The van der Waals surface area contributed by atoms with E-state index in [1.165, 1.54) is 26.5 Å². The van der Waals surface area contributed by atoms with E-state index in [-0.39, 0.29) is 34.5 Å². The van der Waals surface area contributed by atoms with Crippen molar-refractivity contribution < 1.29 is 28.5 Å². The van der Waals surface area contributed by atoms with Gasteiger partial charge in [-0.25, -0.2) is 0 Å². The van der Waals surface area contributed by atoms with Crippen LogP contribution in [0.1, 0.15) is 29.0 Å². The van der Waals surface area contributed by atoms with E-state index in [1.54, 1.807) is 42.5 Å². The molecule has 1 atom stereocenters. The van der Waals surface area contributed by atoms with Gasteiger partial charge in [0.05, 0.1) is 37.8 Å². The molecule has 8 heteroatoms. The Kier molecular flexibility index (Phi) is 5.38. The molecule has 0 bridgehead atoms. The standard InChI is InChI=1S/C27H19NO7/c1-32-20-8-7-16(9-21(20)33-2)18-13-34-27-24-17(15-5-3-14(12-28)4-6-15)10-23(30)35-22(24)11-19(29)25(27)26(18)31/h3-9,11,13,17,29H,10H2,1-2H3/t17-/m0/s1. The molecule has 1 aliphatic rings. The van der Waals surface area contributed by atoms with Crippen LogP contribution in [0.2, 0.25) is 0 Å². The average molecular weight is 469 g/mol. The van der Waals surface area contributed by atoms with E-state index in [0.29, 0.717) is 28.2 Å². The number of carbonyl (C=O) groups excluding carboxylic acids is 1. The summed E-state index contributed by atoms with van der Waals surface area (Å²) in [7, 11) is 3.01. The summed E-state index contributed by atoms with van der Waals surface area (Å²) in [5, 5.41) is 19.8. The van der Waals surface area contributed by atoms with Crippen molar-refractivity contribution >= 4 is 16.9 Å². The van der Waals surface area contributed by atoms with Crippen molar-refractivity contribution in [3.05, 3.63) is 81.7 Å². The minimum Gasteiger partial charge on any atom is -0.507 e. The summed E-state index contributed by atoms with van der Waals surface area (Å²) >= 11 is 0. The highest BCUT2D eigenvalue weighted by Gasteiger charge is 2.33. The van der Waals surface area contributed by atoms with E-state index in [2.05, 4.69) is 6.07 Å². The zero-order chi connectivity index (χ0) is 24.7. The Bertz CT molecular complexity index is 1580. The molecule has 1 aliphatic heterocycles. The van der Waals surface area contributed by atoms with Crippen LogP contribution in [0.3, 0.4) is 0 Å². The second-order valence-corrected chi connectivity index (χ2v) is 8.02. The number of fused-ring (bicyclic) bond motifs is 3. The van der Waals surface area contributed by atoms with E-state index in [4.69, 9.17) is 23.9 Å². The number of phenols is 1. The monoisotopic (exact) mass is 469 g/mol. The van der Waals surface area contributed by atoms with Gasteiger partial charge in [-0.3, -0.25) is 9.59 Å². The van der Waals surface area contributed by atoms with E-state index >= 15 is 0 Å². The van der Waals surface area contributed by atoms with Gasteiger partial charge in [0.25, 0.3) is 0 Å². The van der Waals surface area contributed by atoms with Gasteiger partial charge in [-0.15, -0.1) is 0 Å². The summed E-state index contributed by atoms with van der Waals surface area (Å²) in [6.45, 7) is 0. The number of ether oxygens (including phenoxy) is 3. The van der Waals surface area contributed by atoms with Gasteiger partial charge < -0.3 is 23.7 Å². The maximum atomic E-state index is 13.5. The van der Waals surface area contributed by atoms with Crippen LogP contribution in [0, 0.1) is 11.3 Å². The summed E-state index contributed by atoms with van der Waals surface area (Å²) in [6.07, 6.45) is 1.33. The minimum atomic E-state index is -0.489. The Labute approximate surface area is 199 Å². The summed E-state index contributed by atoms with van der Waals surface area (Å²) in [6, 6.07) is 15.2. The van der Waals surface area contributed by atoms with E-state index < -0.39 is 17.3 Å². The molecule has 0 spiro atoms. The Morgan fingerprint density at radius 2 is 1.77 bits per heavy atom. The molecule has 0 amide bonds. The van der Waals surface area contributed by atoms with Gasteiger partial charge in [-0.1, -0.05) is 18.2 Å². The molecule has 3 aromatic carbocycles. The minimum absolute atomic E-state index is 0.0138. The number of hydrogen-bond donors (Lipinski definition) is 1. The quantitative estimate of drug-likeness (QED) is 0.343. The fourth-order valence-corrected chi connectivity index (χ4v) is 4.41. The SMILES string of the molecule is COc1ccc(-c2coc3c4c(cc(O)c3c2=O)OC(=O)C[C@H]4c2ccc(C#N)cc2)cc1OC. The lowest BCUT2D eigenvalue weighted by molar-refractivity contribution is -0.135. The average Bonchev–Trinajstić information content (AvgIpc) is 2.87. The van der Waals surface area contributed by atoms with E-state index in [0.717, 1.165) is 5.56 Å². The number of nitriles is 1. The van der Waals surface area contributed by atoms with Crippen molar-refractivity contribution in [2.45, 2.75) is 12.3 Å². The highest BCUT2D eigenvalue weighted by Crippen LogP contribution is 2.45. The molecule has 0 saturated carbocycles. The van der Waals surface area contributed by atoms with Crippen LogP contribution in [0.25, 0.3) is 22.1 Å². The summed E-state index contributed by atoms with van der Waals surface area (Å²) in [5.74, 6) is -0.254. The van der Waals surface area contributed by atoms with Crippen LogP contribution >= 0.6 is 0 Å². The molecule has 0 unspecified atom stereocenters. The first-order chi connectivity index (χ1) is 16.9. The van der Waals surface area contributed by atoms with Crippen molar-refractivity contribution in [3.8, 4) is 40.2 Å². The Morgan fingerprint density at radius 1 is 1.03 bits per heavy atom. The van der Waals surface area contributed by atoms with Crippen molar-refractivity contribution in [1.29, 1.82) is 5.26 Å². The van der Waals surface area contributed by atoms with Gasteiger partial charge in [-0.05, 0) is 35.4 Å². The lowest BCUT2D eigenvalue weighted by Gasteiger charge is -2.26. The third-order valence-corrected chi connectivity index (χ3v) is 6.11. The number of methoxy groups -OCH3 is 2. The molecule has 0 saturated heterocycles. The number of benzene rings is 3. The number of rotatable bonds is 4. The Hall–Kier alpha value is -4.77. The normalized spacial score (nSPS) is 14.7. The van der Waals surface area contributed by atoms with Crippen LogP contribution in [0.4, 0.5) is 0 Å². The van der Waals surface area contributed by atoms with Gasteiger partial charge in [0.2, 0.25) is 5.43 Å². The predicted molar refractivity (Wildman–Crippen MR) is 126 cm³/mol. The van der Waals surface area contributed by atoms with E-state index in [9.17, 15) is 14.7 Å². The lowest BCUT2D eigenvalue weighted by atomic mass is 9.84. The third kappa shape index (κ3) is 3.63. The molecule has 174 valence electrons. The van der Waals surface area contributed by atoms with Crippen LogP contribution in [0.5, 0.6) is 23.0 Å². The van der Waals surface area contributed by atoms with Crippen molar-refractivity contribution in [1.82, 2.24) is 0 Å². The first-order valence-electron chi connectivity index (χ1n) is 10.7. The second kappa shape index (κ2) is 8.54. The van der Waals surface area contributed by atoms with Crippen molar-refractivity contribution in [3.63, 3.8) is 0 Å². The highest BCUT2D eigenvalue weighted by atomic mass is 16.5. The molecule has 8 nitrogen and oxygen atoms in total. The first-order valence-corrected chi connectivity index (χ1v) is 10.7. The molecular weight excluding hydrogens is 450 g/mol. The fraction of sp³-hybridized carbons (Fsp3) is 0.148. The molecule has 35 heavy (non-hydrogen) atoms. The molecule has 1 aromatic heterocycles. The highest BCUT2D eigenvalue weighted by molar-refractivity contribution is 5.94. The second-order valence-electron chi connectivity index (χ2n) is 8.02. The zero-order valence-electron chi connectivity index (χ0n) is 18.8. The number of carbonyl (C=O) groups is 1. The van der Waals surface area contributed by atoms with Gasteiger partial charge in [-0.2, -0.15) is 5.26 Å². The van der Waals surface area contributed by atoms with Crippen molar-refractivity contribution in [2.24, 2.45) is 0 Å². The number of hydrogen-bond acceptors (Lipinski definition) is 8.